The minimum atomic E-state index is -4.04. The maximum absolute atomic E-state index is 14.0. The zero-order valence-electron chi connectivity index (χ0n) is 14.3. The van der Waals surface area contributed by atoms with Crippen molar-refractivity contribution in [1.82, 2.24) is 4.98 Å². The van der Waals surface area contributed by atoms with Gasteiger partial charge in [0.15, 0.2) is 28.4 Å². The monoisotopic (exact) mass is 457 g/mol. The van der Waals surface area contributed by atoms with Crippen LogP contribution < -0.4 is 9.62 Å². The molecule has 2 heterocycles. The fraction of sp³-hybridized carbons (Fsp3) is 0. The fourth-order valence-electron chi connectivity index (χ4n) is 2.81. The third kappa shape index (κ3) is 2.93. The maximum Gasteiger partial charge on any atom is 0.269 e. The quantitative estimate of drug-likeness (QED) is 0.281. The van der Waals surface area contributed by atoms with Crippen molar-refractivity contribution in [3.05, 3.63) is 70.2 Å². The van der Waals surface area contributed by atoms with Gasteiger partial charge in [-0.25, -0.2) is 35.9 Å². The number of benzene rings is 2. The highest BCUT2D eigenvalue weighted by molar-refractivity contribution is 7.93. The van der Waals surface area contributed by atoms with Gasteiger partial charge in [0.1, 0.15) is 0 Å². The van der Waals surface area contributed by atoms with Crippen LogP contribution in [0.2, 0.25) is 0 Å². The molecule has 0 atom stereocenters. The Morgan fingerprint density at radius 3 is 1.87 bits per heavy atom. The van der Waals surface area contributed by atoms with Gasteiger partial charge in [0.05, 0.1) is 21.7 Å². The number of hydrogen-bond acceptors (Lipinski definition) is 6. The predicted molar refractivity (Wildman–Crippen MR) is 96.8 cm³/mol. The van der Waals surface area contributed by atoms with Crippen molar-refractivity contribution in [2.24, 2.45) is 0 Å². The van der Waals surface area contributed by atoms with Crippen LogP contribution in [0, 0.1) is 23.3 Å². The molecule has 0 fully saturated rings. The molecular formula is C17H7F4N3O4S2. The van der Waals surface area contributed by atoms with Crippen molar-refractivity contribution in [1.29, 1.82) is 0 Å². The van der Waals surface area contributed by atoms with Crippen molar-refractivity contribution >= 4 is 44.0 Å². The summed E-state index contributed by atoms with van der Waals surface area (Å²) in [5.74, 6) is -11.2. The lowest BCUT2D eigenvalue weighted by molar-refractivity contribution is 0.0924. The summed E-state index contributed by atoms with van der Waals surface area (Å²) >= 11 is 1.04. The summed E-state index contributed by atoms with van der Waals surface area (Å²) in [6.07, 6.45) is 1.39. The zero-order chi connectivity index (χ0) is 21.8. The number of halogens is 4. The van der Waals surface area contributed by atoms with Gasteiger partial charge in [-0.3, -0.25) is 14.3 Å². The average molecular weight is 457 g/mol. The number of sulfonamides is 1. The van der Waals surface area contributed by atoms with Crippen LogP contribution in [-0.4, -0.2) is 25.2 Å². The maximum atomic E-state index is 14.0. The smallest absolute Gasteiger partial charge is 0.268 e. The molecule has 0 saturated heterocycles. The number of nitrogens with zero attached hydrogens (tertiary/aromatic N) is 2. The molecule has 1 aliphatic heterocycles. The van der Waals surface area contributed by atoms with Gasteiger partial charge >= 0.3 is 0 Å². The van der Waals surface area contributed by atoms with Gasteiger partial charge in [-0.15, -0.1) is 11.3 Å². The van der Waals surface area contributed by atoms with Crippen LogP contribution in [0.5, 0.6) is 0 Å². The largest absolute Gasteiger partial charge is 0.269 e. The summed E-state index contributed by atoms with van der Waals surface area (Å²) in [7, 11) is -4.04. The van der Waals surface area contributed by atoms with Gasteiger partial charge in [0.2, 0.25) is 0 Å². The molecule has 1 N–H and O–H groups in total. The van der Waals surface area contributed by atoms with Gasteiger partial charge < -0.3 is 0 Å². The molecular weight excluding hydrogens is 450 g/mol. The zero-order valence-corrected chi connectivity index (χ0v) is 16.0. The molecule has 2 aromatic carbocycles. The van der Waals surface area contributed by atoms with Crippen molar-refractivity contribution in [2.75, 3.05) is 9.62 Å². The predicted octanol–water partition coefficient (Wildman–Crippen LogP) is 3.30. The first-order chi connectivity index (χ1) is 14.1. The molecule has 30 heavy (non-hydrogen) atoms. The van der Waals surface area contributed by atoms with Crippen LogP contribution in [0.3, 0.4) is 0 Å². The van der Waals surface area contributed by atoms with E-state index >= 15 is 0 Å². The van der Waals surface area contributed by atoms with Crippen molar-refractivity contribution in [3.8, 4) is 0 Å². The Morgan fingerprint density at radius 1 is 0.867 bits per heavy atom. The molecule has 0 aliphatic carbocycles. The van der Waals surface area contributed by atoms with E-state index in [4.69, 9.17) is 0 Å². The van der Waals surface area contributed by atoms with E-state index < -0.39 is 56.2 Å². The van der Waals surface area contributed by atoms with Gasteiger partial charge in [-0.05, 0) is 24.3 Å². The summed E-state index contributed by atoms with van der Waals surface area (Å²) in [4.78, 5) is 28.6. The van der Waals surface area contributed by atoms with Gasteiger partial charge in [0.25, 0.3) is 21.8 Å². The number of amides is 2. The van der Waals surface area contributed by atoms with Crippen LogP contribution in [0.15, 0.2) is 40.7 Å². The highest BCUT2D eigenvalue weighted by atomic mass is 32.2. The van der Waals surface area contributed by atoms with Gasteiger partial charge in [-0.2, -0.15) is 0 Å². The lowest BCUT2D eigenvalue weighted by atomic mass is 10.1. The van der Waals surface area contributed by atoms with E-state index in [1.165, 1.54) is 6.20 Å². The lowest BCUT2D eigenvalue weighted by Crippen LogP contribution is -2.29. The first-order valence-electron chi connectivity index (χ1n) is 7.90. The molecule has 0 unspecified atom stereocenters. The number of hydrogen-bond donors (Lipinski definition) is 1. The van der Waals surface area contributed by atoms with Crippen LogP contribution >= 0.6 is 11.3 Å². The Labute approximate surface area is 169 Å². The number of rotatable bonds is 4. The summed E-state index contributed by atoms with van der Waals surface area (Å²) in [5, 5.41) is 1.65. The number of fused-ring (bicyclic) bond motifs is 1. The number of carbonyl (C=O) groups excluding carboxylic acids is 2. The van der Waals surface area contributed by atoms with Crippen LogP contribution in [0.25, 0.3) is 0 Å². The molecule has 0 radical (unpaired) electrons. The molecule has 13 heteroatoms. The highest BCUT2D eigenvalue weighted by Crippen LogP contribution is 2.34. The molecule has 0 spiro atoms. The molecule has 154 valence electrons. The van der Waals surface area contributed by atoms with Crippen molar-refractivity contribution in [2.45, 2.75) is 4.90 Å². The Bertz CT molecular complexity index is 1260. The van der Waals surface area contributed by atoms with Crippen LogP contribution in [-0.2, 0) is 10.0 Å². The van der Waals surface area contributed by atoms with Crippen molar-refractivity contribution in [3.63, 3.8) is 0 Å². The van der Waals surface area contributed by atoms with Gasteiger partial charge in [0, 0.05) is 11.6 Å². The third-order valence-corrected chi connectivity index (χ3v) is 6.33. The summed E-state index contributed by atoms with van der Waals surface area (Å²) in [5.41, 5.74) is -2.73. The van der Waals surface area contributed by atoms with Crippen molar-refractivity contribution < 1.29 is 35.6 Å². The SMILES string of the molecule is O=C1c2c(F)c(F)c(F)c(F)c2C(=O)N1c1ccc(S(=O)(=O)Nc2nccs2)cc1. The highest BCUT2D eigenvalue weighted by Gasteiger charge is 2.44. The minimum Gasteiger partial charge on any atom is -0.268 e. The number of nitrogens with one attached hydrogen (secondary N) is 1. The number of aromatic nitrogens is 1. The molecule has 4 rings (SSSR count). The van der Waals surface area contributed by atoms with E-state index in [9.17, 15) is 35.6 Å². The van der Waals surface area contributed by atoms with Gasteiger partial charge in [-0.1, -0.05) is 0 Å². The van der Waals surface area contributed by atoms with E-state index in [2.05, 4.69) is 9.71 Å². The molecule has 1 aromatic heterocycles. The number of carbonyl (C=O) groups is 2. The van der Waals surface area contributed by atoms with E-state index in [-0.39, 0.29) is 15.7 Å². The first kappa shape index (κ1) is 20.0. The summed E-state index contributed by atoms with van der Waals surface area (Å²) < 4.78 is 81.8. The van der Waals surface area contributed by atoms with E-state index in [0.29, 0.717) is 4.90 Å². The Balaban J connectivity index is 1.70. The Morgan fingerprint density at radius 2 is 1.40 bits per heavy atom. The number of anilines is 2. The lowest BCUT2D eigenvalue weighted by Gasteiger charge is -2.14. The molecule has 2 amide bonds. The fourth-order valence-corrected chi connectivity index (χ4v) is 4.59. The number of imide groups is 1. The first-order valence-corrected chi connectivity index (χ1v) is 10.3. The molecule has 7 nitrogen and oxygen atoms in total. The standard InChI is InChI=1S/C17H7F4N3O4S2/c18-11-9-10(12(19)14(21)13(11)20)16(26)24(15(9)25)7-1-3-8(4-2-7)30(27,28)23-17-22-5-6-29-17/h1-6H,(H,22,23). The third-order valence-electron chi connectivity index (χ3n) is 4.16. The van der Waals surface area contributed by atoms with E-state index in [0.717, 1.165) is 35.6 Å². The average Bonchev–Trinajstić information content (AvgIpc) is 3.30. The summed E-state index contributed by atoms with van der Waals surface area (Å²) in [6, 6.07) is 4.12. The van der Waals surface area contributed by atoms with E-state index in [1.807, 2.05) is 0 Å². The Hall–Kier alpha value is -3.32. The second-order valence-electron chi connectivity index (χ2n) is 5.89. The second-order valence-corrected chi connectivity index (χ2v) is 8.47. The Kier molecular flexibility index (Phi) is 4.58. The summed E-state index contributed by atoms with van der Waals surface area (Å²) in [6.45, 7) is 0. The second kappa shape index (κ2) is 6.88. The van der Waals surface area contributed by atoms with Crippen LogP contribution in [0.1, 0.15) is 20.7 Å². The minimum absolute atomic E-state index is 0.106. The molecule has 1 aliphatic rings. The van der Waals surface area contributed by atoms with E-state index in [1.54, 1.807) is 5.38 Å². The molecule has 3 aromatic rings. The molecule has 0 saturated carbocycles. The van der Waals surface area contributed by atoms with Crippen LogP contribution in [0.4, 0.5) is 28.4 Å². The topological polar surface area (TPSA) is 96.4 Å². The molecule has 0 bridgehead atoms. The normalized spacial score (nSPS) is 13.7. The number of thiazole rings is 1.